The number of ether oxygens (including phenoxy) is 2. The Labute approximate surface area is 94.5 Å². The maximum absolute atomic E-state index is 7.18. The molecule has 0 aliphatic carbocycles. The van der Waals surface area contributed by atoms with E-state index in [0.717, 1.165) is 0 Å². The second kappa shape index (κ2) is 7.03. The van der Waals surface area contributed by atoms with Crippen LogP contribution in [0, 0.1) is 5.41 Å². The number of hydrogen-bond donors (Lipinski definition) is 2. The van der Waals surface area contributed by atoms with E-state index in [2.05, 4.69) is 4.98 Å². The summed E-state index contributed by atoms with van der Waals surface area (Å²) in [5.41, 5.74) is 5.69. The predicted octanol–water partition coefficient (Wildman–Crippen LogP) is 0.813. The lowest BCUT2D eigenvalue weighted by Crippen LogP contribution is -2.13. The van der Waals surface area contributed by atoms with Gasteiger partial charge in [-0.2, -0.15) is 0 Å². The molecule has 1 aromatic heterocycles. The molecule has 0 radical (unpaired) electrons. The minimum Gasteiger partial charge on any atom is -0.491 e. The highest BCUT2D eigenvalue weighted by Crippen LogP contribution is 2.10. The number of nitrogens with one attached hydrogen (secondary N) is 1. The minimum absolute atomic E-state index is 0. The molecule has 84 valence electrons. The van der Waals surface area contributed by atoms with Crippen molar-refractivity contribution in [2.75, 3.05) is 20.3 Å². The van der Waals surface area contributed by atoms with Crippen LogP contribution in [-0.4, -0.2) is 31.1 Å². The molecule has 0 bridgehead atoms. The van der Waals surface area contributed by atoms with Crippen LogP contribution in [0.2, 0.25) is 0 Å². The number of rotatable bonds is 5. The molecule has 3 N–H and O–H groups in total. The van der Waals surface area contributed by atoms with Crippen LogP contribution in [0.15, 0.2) is 18.3 Å². The van der Waals surface area contributed by atoms with E-state index < -0.39 is 0 Å². The summed E-state index contributed by atoms with van der Waals surface area (Å²) in [4.78, 5) is 3.91. The average Bonchev–Trinajstić information content (AvgIpc) is 2.19. The Morgan fingerprint density at radius 3 is 2.87 bits per heavy atom. The van der Waals surface area contributed by atoms with Crippen LogP contribution in [0.3, 0.4) is 0 Å². The summed E-state index contributed by atoms with van der Waals surface area (Å²) < 4.78 is 10.2. The van der Waals surface area contributed by atoms with Crippen LogP contribution in [0.25, 0.3) is 0 Å². The molecule has 0 atom stereocenters. The van der Waals surface area contributed by atoms with Gasteiger partial charge in [0.05, 0.1) is 6.61 Å². The summed E-state index contributed by atoms with van der Waals surface area (Å²) in [6, 6.07) is 3.33. The van der Waals surface area contributed by atoms with Crippen molar-refractivity contribution in [1.29, 1.82) is 5.41 Å². The second-order valence-electron chi connectivity index (χ2n) is 2.63. The number of nitrogen functional groups attached to an aromatic ring is 1. The summed E-state index contributed by atoms with van der Waals surface area (Å²) in [7, 11) is 1.61. The number of aromatic nitrogens is 1. The zero-order valence-electron chi connectivity index (χ0n) is 8.40. The molecule has 0 saturated heterocycles. The summed E-state index contributed by atoms with van der Waals surface area (Å²) in [5, 5.41) is 7.18. The molecule has 6 heteroatoms. The van der Waals surface area contributed by atoms with Crippen LogP contribution < -0.4 is 10.5 Å². The molecular formula is C9H14ClN3O2. The van der Waals surface area contributed by atoms with Crippen molar-refractivity contribution in [3.05, 3.63) is 24.0 Å². The van der Waals surface area contributed by atoms with E-state index in [1.165, 1.54) is 0 Å². The van der Waals surface area contributed by atoms with E-state index in [9.17, 15) is 0 Å². The van der Waals surface area contributed by atoms with Crippen LogP contribution >= 0.6 is 12.4 Å². The van der Waals surface area contributed by atoms with Gasteiger partial charge in [0.1, 0.15) is 23.9 Å². The molecule has 0 aliphatic rings. The Morgan fingerprint density at radius 1 is 1.53 bits per heavy atom. The molecule has 5 nitrogen and oxygen atoms in total. The Morgan fingerprint density at radius 2 is 2.27 bits per heavy atom. The number of nitrogens with zero attached hydrogens (tertiary/aromatic N) is 1. The van der Waals surface area contributed by atoms with Crippen molar-refractivity contribution < 1.29 is 9.47 Å². The van der Waals surface area contributed by atoms with E-state index in [4.69, 9.17) is 20.6 Å². The molecule has 15 heavy (non-hydrogen) atoms. The molecule has 1 heterocycles. The van der Waals surface area contributed by atoms with Crippen molar-refractivity contribution in [2.24, 2.45) is 5.73 Å². The molecule has 0 fully saturated rings. The largest absolute Gasteiger partial charge is 0.491 e. The van der Waals surface area contributed by atoms with Gasteiger partial charge in [-0.25, -0.2) is 0 Å². The first-order valence-electron chi connectivity index (χ1n) is 4.16. The van der Waals surface area contributed by atoms with E-state index in [1.54, 1.807) is 25.4 Å². The smallest absolute Gasteiger partial charge is 0.141 e. The lowest BCUT2D eigenvalue weighted by molar-refractivity contribution is 0.146. The van der Waals surface area contributed by atoms with Crippen molar-refractivity contribution >= 4 is 18.2 Å². The van der Waals surface area contributed by atoms with Gasteiger partial charge in [-0.15, -0.1) is 12.4 Å². The van der Waals surface area contributed by atoms with Crippen LogP contribution in [-0.2, 0) is 4.74 Å². The third-order valence-electron chi connectivity index (χ3n) is 1.56. The van der Waals surface area contributed by atoms with E-state index in [-0.39, 0.29) is 18.2 Å². The zero-order chi connectivity index (χ0) is 10.4. The maximum atomic E-state index is 7.18. The Hall–Kier alpha value is -1.33. The van der Waals surface area contributed by atoms with Gasteiger partial charge in [0.15, 0.2) is 0 Å². The number of pyridine rings is 1. The molecule has 0 aliphatic heterocycles. The molecule has 0 amide bonds. The molecular weight excluding hydrogens is 218 g/mol. The Bertz CT molecular complexity index is 320. The summed E-state index contributed by atoms with van der Waals surface area (Å²) >= 11 is 0. The lowest BCUT2D eigenvalue weighted by Gasteiger charge is -2.05. The van der Waals surface area contributed by atoms with Gasteiger partial charge in [0.2, 0.25) is 0 Å². The highest BCUT2D eigenvalue weighted by Gasteiger charge is 2.00. The summed E-state index contributed by atoms with van der Waals surface area (Å²) in [5.74, 6) is 0.574. The Kier molecular flexibility index (Phi) is 6.40. The van der Waals surface area contributed by atoms with Crippen molar-refractivity contribution in [3.63, 3.8) is 0 Å². The normalized spacial score (nSPS) is 9.13. The minimum atomic E-state index is -0.0674. The van der Waals surface area contributed by atoms with Crippen LogP contribution in [0.1, 0.15) is 5.69 Å². The lowest BCUT2D eigenvalue weighted by atomic mass is 10.3. The summed E-state index contributed by atoms with van der Waals surface area (Å²) in [6.07, 6.45) is 1.55. The Balaban J connectivity index is 0.00000196. The van der Waals surface area contributed by atoms with Gasteiger partial charge in [0.25, 0.3) is 0 Å². The fourth-order valence-electron chi connectivity index (χ4n) is 0.891. The fraction of sp³-hybridized carbons (Fsp3) is 0.333. The first-order chi connectivity index (χ1) is 6.74. The first-order valence-corrected chi connectivity index (χ1v) is 4.16. The highest BCUT2D eigenvalue weighted by atomic mass is 35.5. The molecule has 0 spiro atoms. The van der Waals surface area contributed by atoms with Gasteiger partial charge in [0, 0.05) is 19.4 Å². The van der Waals surface area contributed by atoms with Crippen LogP contribution in [0.4, 0.5) is 0 Å². The van der Waals surface area contributed by atoms with Crippen molar-refractivity contribution in [3.8, 4) is 5.75 Å². The predicted molar refractivity (Wildman–Crippen MR) is 59.9 cm³/mol. The fourth-order valence-corrected chi connectivity index (χ4v) is 0.891. The monoisotopic (exact) mass is 231 g/mol. The molecule has 1 rings (SSSR count). The van der Waals surface area contributed by atoms with Crippen molar-refractivity contribution in [2.45, 2.75) is 0 Å². The first kappa shape index (κ1) is 13.7. The van der Waals surface area contributed by atoms with E-state index in [1.807, 2.05) is 0 Å². The number of hydrogen-bond acceptors (Lipinski definition) is 4. The average molecular weight is 232 g/mol. The second-order valence-corrected chi connectivity index (χ2v) is 2.63. The quantitative estimate of drug-likeness (QED) is 0.447. The SMILES string of the molecule is COCCOc1ccnc(C(=N)N)c1.Cl. The maximum Gasteiger partial charge on any atom is 0.141 e. The molecule has 0 aromatic carbocycles. The number of nitrogens with two attached hydrogens (primary N) is 1. The molecule has 0 saturated carbocycles. The number of halogens is 1. The third-order valence-corrected chi connectivity index (χ3v) is 1.56. The van der Waals surface area contributed by atoms with Gasteiger partial charge in [-0.1, -0.05) is 0 Å². The van der Waals surface area contributed by atoms with Gasteiger partial charge in [-0.3, -0.25) is 10.4 Å². The standard InChI is InChI=1S/C9H13N3O2.ClH/c1-13-4-5-14-7-2-3-12-8(6-7)9(10)11;/h2-3,6H,4-5H2,1H3,(H3,10,11);1H. The topological polar surface area (TPSA) is 81.2 Å². The highest BCUT2D eigenvalue weighted by molar-refractivity contribution is 5.93. The number of methoxy groups -OCH3 is 1. The molecule has 1 aromatic rings. The van der Waals surface area contributed by atoms with Gasteiger partial charge >= 0.3 is 0 Å². The van der Waals surface area contributed by atoms with Gasteiger partial charge in [-0.05, 0) is 6.07 Å². The zero-order valence-corrected chi connectivity index (χ0v) is 9.21. The summed E-state index contributed by atoms with van der Waals surface area (Å²) in [6.45, 7) is 0.996. The molecule has 0 unspecified atom stereocenters. The number of amidine groups is 1. The van der Waals surface area contributed by atoms with Gasteiger partial charge < -0.3 is 15.2 Å². The third kappa shape index (κ3) is 4.62. The van der Waals surface area contributed by atoms with E-state index in [0.29, 0.717) is 24.7 Å². The van der Waals surface area contributed by atoms with Crippen molar-refractivity contribution in [1.82, 2.24) is 4.98 Å². The van der Waals surface area contributed by atoms with Crippen LogP contribution in [0.5, 0.6) is 5.75 Å². The van der Waals surface area contributed by atoms with E-state index >= 15 is 0 Å².